The predicted octanol–water partition coefficient (Wildman–Crippen LogP) is 2.78. The molecule has 28 heavy (non-hydrogen) atoms. The van der Waals surface area contributed by atoms with Crippen molar-refractivity contribution in [3.05, 3.63) is 57.1 Å². The number of rotatable bonds is 2. The highest BCUT2D eigenvalue weighted by Crippen LogP contribution is 2.31. The van der Waals surface area contributed by atoms with E-state index in [1.54, 1.807) is 31.3 Å². The van der Waals surface area contributed by atoms with E-state index < -0.39 is 11.5 Å². The molecule has 0 fully saturated rings. The van der Waals surface area contributed by atoms with Crippen LogP contribution in [0.1, 0.15) is 15.9 Å². The Morgan fingerprint density at radius 3 is 2.96 bits per heavy atom. The van der Waals surface area contributed by atoms with Crippen LogP contribution in [0.2, 0.25) is 5.15 Å². The fourth-order valence-corrected chi connectivity index (χ4v) is 3.39. The zero-order valence-corrected chi connectivity index (χ0v) is 15.5. The lowest BCUT2D eigenvalue weighted by Crippen LogP contribution is -2.26. The van der Waals surface area contributed by atoms with Gasteiger partial charge < -0.3 is 19.9 Å². The molecule has 0 aliphatic carbocycles. The summed E-state index contributed by atoms with van der Waals surface area (Å²) < 4.78 is 6.51. The Kier molecular flexibility index (Phi) is 4.37. The van der Waals surface area contributed by atoms with Gasteiger partial charge in [0.15, 0.2) is 0 Å². The minimum absolute atomic E-state index is 0.0191. The predicted molar refractivity (Wildman–Crippen MR) is 105 cm³/mol. The molecule has 0 saturated carbocycles. The molecule has 9 heteroatoms. The van der Waals surface area contributed by atoms with Crippen LogP contribution in [0.25, 0.3) is 10.9 Å². The molecule has 140 valence electrons. The van der Waals surface area contributed by atoms with E-state index in [9.17, 15) is 14.9 Å². The molecule has 4 rings (SSSR count). The molecule has 1 aliphatic heterocycles. The summed E-state index contributed by atoms with van der Waals surface area (Å²) in [5.41, 5.74) is 2.05. The number of benzene rings is 1. The third-order valence-electron chi connectivity index (χ3n) is 4.53. The highest BCUT2D eigenvalue weighted by molar-refractivity contribution is 6.31. The summed E-state index contributed by atoms with van der Waals surface area (Å²) in [5.74, 6) is -0.645. The minimum Gasteiger partial charge on any atom is -0.460 e. The van der Waals surface area contributed by atoms with Gasteiger partial charge in [-0.25, -0.2) is 9.78 Å². The number of esters is 1. The molecular formula is C19H14ClN5O3. The second-order valence-electron chi connectivity index (χ2n) is 6.17. The van der Waals surface area contributed by atoms with Gasteiger partial charge in [0.1, 0.15) is 29.0 Å². The topological polar surface area (TPSA) is 109 Å². The average Bonchev–Trinajstić information content (AvgIpc) is 2.88. The molecule has 0 atom stereocenters. The highest BCUT2D eigenvalue weighted by Gasteiger charge is 2.25. The van der Waals surface area contributed by atoms with Crippen LogP contribution in [0.3, 0.4) is 0 Å². The monoisotopic (exact) mass is 395 g/mol. The Labute approximate surface area is 164 Å². The lowest BCUT2D eigenvalue weighted by atomic mass is 10.1. The largest absolute Gasteiger partial charge is 0.460 e. The van der Waals surface area contributed by atoms with Gasteiger partial charge in [-0.2, -0.15) is 5.26 Å². The van der Waals surface area contributed by atoms with Crippen LogP contribution in [-0.4, -0.2) is 28.7 Å². The molecule has 0 spiro atoms. The third kappa shape index (κ3) is 2.82. The SMILES string of the molecule is Cn1c(=O)c2c(c3cc(Nc4ccnc(Cl)c4C#N)ccc31)NCCOC2=O. The van der Waals surface area contributed by atoms with Crippen molar-refractivity contribution in [1.29, 1.82) is 5.26 Å². The van der Waals surface area contributed by atoms with Crippen molar-refractivity contribution < 1.29 is 9.53 Å². The van der Waals surface area contributed by atoms with Crippen molar-refractivity contribution in [2.24, 2.45) is 7.05 Å². The number of aromatic nitrogens is 2. The van der Waals surface area contributed by atoms with Gasteiger partial charge in [0, 0.05) is 30.9 Å². The first-order valence-electron chi connectivity index (χ1n) is 8.40. The number of ether oxygens (including phenoxy) is 1. The van der Waals surface area contributed by atoms with Crippen LogP contribution in [0.4, 0.5) is 17.1 Å². The van der Waals surface area contributed by atoms with Crippen molar-refractivity contribution in [3.8, 4) is 6.07 Å². The number of nitrogens with one attached hydrogen (secondary N) is 2. The zero-order valence-electron chi connectivity index (χ0n) is 14.7. The van der Waals surface area contributed by atoms with Crippen molar-refractivity contribution in [2.45, 2.75) is 0 Å². The Morgan fingerprint density at radius 2 is 2.18 bits per heavy atom. The van der Waals surface area contributed by atoms with Gasteiger partial charge in [-0.3, -0.25) is 4.79 Å². The molecule has 1 aliphatic rings. The Hall–Kier alpha value is -3.57. The van der Waals surface area contributed by atoms with Crippen LogP contribution >= 0.6 is 11.6 Å². The number of hydrogen-bond donors (Lipinski definition) is 2. The Balaban J connectivity index is 1.90. The molecule has 3 heterocycles. The zero-order chi connectivity index (χ0) is 19.8. The van der Waals surface area contributed by atoms with Gasteiger partial charge >= 0.3 is 5.97 Å². The summed E-state index contributed by atoms with van der Waals surface area (Å²) >= 11 is 5.98. The van der Waals surface area contributed by atoms with Crippen molar-refractivity contribution >= 4 is 45.5 Å². The van der Waals surface area contributed by atoms with Crippen molar-refractivity contribution in [2.75, 3.05) is 23.8 Å². The van der Waals surface area contributed by atoms with E-state index in [1.165, 1.54) is 10.8 Å². The van der Waals surface area contributed by atoms with Gasteiger partial charge in [0.05, 0.1) is 16.9 Å². The number of halogens is 1. The van der Waals surface area contributed by atoms with E-state index in [0.29, 0.717) is 34.5 Å². The summed E-state index contributed by atoms with van der Waals surface area (Å²) in [4.78, 5) is 28.8. The van der Waals surface area contributed by atoms with Crippen LogP contribution in [0.15, 0.2) is 35.3 Å². The lowest BCUT2D eigenvalue weighted by Gasteiger charge is -2.15. The van der Waals surface area contributed by atoms with E-state index in [1.807, 2.05) is 6.07 Å². The van der Waals surface area contributed by atoms with Gasteiger partial charge in [0.2, 0.25) is 0 Å². The van der Waals surface area contributed by atoms with E-state index in [2.05, 4.69) is 15.6 Å². The van der Waals surface area contributed by atoms with Gasteiger partial charge in [-0.1, -0.05) is 11.6 Å². The number of cyclic esters (lactones) is 1. The Morgan fingerprint density at radius 1 is 1.36 bits per heavy atom. The maximum absolute atomic E-state index is 12.6. The number of fused-ring (bicyclic) bond motifs is 3. The van der Waals surface area contributed by atoms with E-state index >= 15 is 0 Å². The first-order chi connectivity index (χ1) is 13.5. The summed E-state index contributed by atoms with van der Waals surface area (Å²) in [6, 6.07) is 9.02. The molecule has 0 radical (unpaired) electrons. The van der Waals surface area contributed by atoms with Crippen LogP contribution in [0.5, 0.6) is 0 Å². The summed E-state index contributed by atoms with van der Waals surface area (Å²) in [6.07, 6.45) is 1.50. The third-order valence-corrected chi connectivity index (χ3v) is 4.82. The molecule has 3 aromatic rings. The molecule has 0 unspecified atom stereocenters. The molecule has 8 nitrogen and oxygen atoms in total. The quantitative estimate of drug-likeness (QED) is 0.507. The number of carbonyl (C=O) groups is 1. The average molecular weight is 396 g/mol. The normalized spacial score (nSPS) is 13.1. The maximum Gasteiger partial charge on any atom is 0.346 e. The van der Waals surface area contributed by atoms with E-state index in [0.717, 1.165) is 0 Å². The minimum atomic E-state index is -0.645. The molecular weight excluding hydrogens is 382 g/mol. The first-order valence-corrected chi connectivity index (χ1v) is 8.78. The van der Waals surface area contributed by atoms with Gasteiger partial charge in [0.25, 0.3) is 5.56 Å². The highest BCUT2D eigenvalue weighted by atomic mass is 35.5. The lowest BCUT2D eigenvalue weighted by molar-refractivity contribution is 0.0527. The van der Waals surface area contributed by atoms with Crippen molar-refractivity contribution in [1.82, 2.24) is 9.55 Å². The van der Waals surface area contributed by atoms with Crippen LogP contribution < -0.4 is 16.2 Å². The van der Waals surface area contributed by atoms with E-state index in [-0.39, 0.29) is 22.9 Å². The van der Waals surface area contributed by atoms with Crippen LogP contribution in [-0.2, 0) is 11.8 Å². The standard InChI is InChI=1S/C19H14ClN5O3/c1-25-14-3-2-10(24-13-4-5-23-17(20)12(13)9-21)8-11(14)16-15(18(25)26)19(27)28-7-6-22-16/h2-5,8,22H,6-7H2,1H3,(H,23,24). The second kappa shape index (κ2) is 6.87. The number of nitrogens with zero attached hydrogens (tertiary/aromatic N) is 3. The van der Waals surface area contributed by atoms with Gasteiger partial charge in [-0.15, -0.1) is 0 Å². The first kappa shape index (κ1) is 17.8. The van der Waals surface area contributed by atoms with E-state index in [4.69, 9.17) is 16.3 Å². The number of pyridine rings is 2. The molecule has 1 aromatic carbocycles. The summed E-state index contributed by atoms with van der Waals surface area (Å²) in [5, 5.41) is 16.4. The number of aryl methyl sites for hydroxylation is 1. The maximum atomic E-state index is 12.6. The van der Waals surface area contributed by atoms with Crippen molar-refractivity contribution in [3.63, 3.8) is 0 Å². The fourth-order valence-electron chi connectivity index (χ4n) is 3.19. The molecule has 2 N–H and O–H groups in total. The molecule has 0 bridgehead atoms. The molecule has 2 aromatic heterocycles. The number of hydrogen-bond acceptors (Lipinski definition) is 7. The number of nitriles is 1. The molecule has 0 amide bonds. The van der Waals surface area contributed by atoms with Crippen LogP contribution in [0, 0.1) is 11.3 Å². The smallest absolute Gasteiger partial charge is 0.346 e. The number of carbonyl (C=O) groups excluding carboxylic acids is 1. The van der Waals surface area contributed by atoms with Gasteiger partial charge in [-0.05, 0) is 24.3 Å². The Bertz CT molecular complexity index is 1230. The summed E-state index contributed by atoms with van der Waals surface area (Å²) in [7, 11) is 1.60. The fraction of sp³-hybridized carbons (Fsp3) is 0.158. The molecule has 0 saturated heterocycles. The summed E-state index contributed by atoms with van der Waals surface area (Å²) in [6.45, 7) is 0.578. The number of anilines is 3. The second-order valence-corrected chi connectivity index (χ2v) is 6.53.